The molecule has 0 aliphatic rings. The van der Waals surface area contributed by atoms with Crippen LogP contribution in [0.4, 0.5) is 0 Å². The first-order chi connectivity index (χ1) is 7.83. The minimum atomic E-state index is -0.000383. The molecule has 16 heavy (non-hydrogen) atoms. The standard InChI is InChI=1S/C12H9N3O/c16-10-3-5-15-8-11(14-12(15)6-10)9-2-1-4-13-7-9/h1-8,14H. The predicted molar refractivity (Wildman–Crippen MR) is 61.2 cm³/mol. The number of nitrogens with one attached hydrogen (secondary N) is 1. The molecule has 1 N–H and O–H groups in total. The van der Waals surface area contributed by atoms with Gasteiger partial charge in [0.05, 0.1) is 5.69 Å². The lowest BCUT2D eigenvalue weighted by molar-refractivity contribution is 1.18. The zero-order chi connectivity index (χ0) is 11.0. The minimum Gasteiger partial charge on any atom is -0.340 e. The summed E-state index contributed by atoms with van der Waals surface area (Å²) in [7, 11) is 0. The van der Waals surface area contributed by atoms with Gasteiger partial charge in [-0.15, -0.1) is 0 Å². The molecule has 0 amide bonds. The van der Waals surface area contributed by atoms with Gasteiger partial charge in [0.2, 0.25) is 0 Å². The van der Waals surface area contributed by atoms with Crippen molar-refractivity contribution in [1.82, 2.24) is 14.4 Å². The van der Waals surface area contributed by atoms with Crippen LogP contribution < -0.4 is 5.43 Å². The maximum absolute atomic E-state index is 11.2. The van der Waals surface area contributed by atoms with Crippen LogP contribution in [0.1, 0.15) is 0 Å². The number of H-pyrrole nitrogens is 1. The van der Waals surface area contributed by atoms with E-state index in [1.54, 1.807) is 24.7 Å². The average Bonchev–Trinajstić information content (AvgIpc) is 2.73. The summed E-state index contributed by atoms with van der Waals surface area (Å²) in [6.45, 7) is 0. The van der Waals surface area contributed by atoms with Crippen LogP contribution in [0.5, 0.6) is 0 Å². The third kappa shape index (κ3) is 1.40. The molecule has 0 aromatic carbocycles. The Bertz CT molecular complexity index is 682. The summed E-state index contributed by atoms with van der Waals surface area (Å²) in [5.41, 5.74) is 2.73. The highest BCUT2D eigenvalue weighted by Crippen LogP contribution is 2.16. The number of pyridine rings is 2. The number of hydrogen-bond donors (Lipinski definition) is 1. The number of aromatic amines is 1. The molecule has 0 atom stereocenters. The molecular formula is C12H9N3O. The van der Waals surface area contributed by atoms with Crippen LogP contribution in [0.15, 0.2) is 53.8 Å². The van der Waals surface area contributed by atoms with Crippen molar-refractivity contribution in [1.29, 1.82) is 0 Å². The number of aromatic nitrogens is 3. The Kier molecular flexibility index (Phi) is 1.86. The highest BCUT2D eigenvalue weighted by molar-refractivity contribution is 5.61. The maximum atomic E-state index is 11.2. The summed E-state index contributed by atoms with van der Waals surface area (Å²) in [4.78, 5) is 18.4. The number of imidazole rings is 1. The monoisotopic (exact) mass is 211 g/mol. The fraction of sp³-hybridized carbons (Fsp3) is 0. The van der Waals surface area contributed by atoms with E-state index in [0.29, 0.717) is 0 Å². The molecule has 0 aliphatic heterocycles. The van der Waals surface area contributed by atoms with Gasteiger partial charge in [-0.1, -0.05) is 0 Å². The van der Waals surface area contributed by atoms with Crippen molar-refractivity contribution in [2.24, 2.45) is 0 Å². The topological polar surface area (TPSA) is 50.2 Å². The van der Waals surface area contributed by atoms with Crippen LogP contribution >= 0.6 is 0 Å². The van der Waals surface area contributed by atoms with Gasteiger partial charge in [0, 0.05) is 42.5 Å². The zero-order valence-electron chi connectivity index (χ0n) is 8.42. The van der Waals surface area contributed by atoms with Gasteiger partial charge in [-0.2, -0.15) is 0 Å². The summed E-state index contributed by atoms with van der Waals surface area (Å²) in [5, 5.41) is 0. The Hall–Kier alpha value is -2.36. The van der Waals surface area contributed by atoms with Gasteiger partial charge in [0.1, 0.15) is 5.65 Å². The van der Waals surface area contributed by atoms with E-state index < -0.39 is 0 Å². The highest BCUT2D eigenvalue weighted by Gasteiger charge is 2.01. The van der Waals surface area contributed by atoms with E-state index in [4.69, 9.17) is 0 Å². The van der Waals surface area contributed by atoms with Crippen molar-refractivity contribution in [3.8, 4) is 11.3 Å². The molecule has 3 rings (SSSR count). The van der Waals surface area contributed by atoms with Gasteiger partial charge >= 0.3 is 0 Å². The van der Waals surface area contributed by atoms with Crippen LogP contribution in [0.25, 0.3) is 16.9 Å². The van der Waals surface area contributed by atoms with Crippen molar-refractivity contribution in [3.63, 3.8) is 0 Å². The van der Waals surface area contributed by atoms with Gasteiger partial charge in [-0.3, -0.25) is 9.78 Å². The number of nitrogens with zero attached hydrogens (tertiary/aromatic N) is 2. The van der Waals surface area contributed by atoms with Crippen molar-refractivity contribution < 1.29 is 0 Å². The Labute approximate surface area is 91.2 Å². The molecule has 78 valence electrons. The van der Waals surface area contributed by atoms with Crippen LogP contribution in [0.2, 0.25) is 0 Å². The van der Waals surface area contributed by atoms with Gasteiger partial charge in [-0.05, 0) is 12.1 Å². The maximum Gasteiger partial charge on any atom is 0.183 e. The molecular weight excluding hydrogens is 202 g/mol. The Morgan fingerprint density at radius 1 is 1.31 bits per heavy atom. The summed E-state index contributed by atoms with van der Waals surface area (Å²) in [5.74, 6) is 0. The summed E-state index contributed by atoms with van der Waals surface area (Å²) < 4.78 is 1.88. The average molecular weight is 211 g/mol. The van der Waals surface area contributed by atoms with Crippen LogP contribution in [0, 0.1) is 0 Å². The molecule has 0 unspecified atom stereocenters. The van der Waals surface area contributed by atoms with E-state index in [1.807, 2.05) is 22.7 Å². The van der Waals surface area contributed by atoms with Crippen LogP contribution in [-0.2, 0) is 0 Å². The normalized spacial score (nSPS) is 10.8. The Morgan fingerprint density at radius 2 is 2.25 bits per heavy atom. The van der Waals surface area contributed by atoms with Crippen molar-refractivity contribution in [3.05, 3.63) is 59.3 Å². The number of fused-ring (bicyclic) bond motifs is 1. The number of rotatable bonds is 1. The molecule has 3 aromatic heterocycles. The second-order valence-electron chi connectivity index (χ2n) is 3.56. The largest absolute Gasteiger partial charge is 0.340 e. The van der Waals surface area contributed by atoms with Gasteiger partial charge in [0.15, 0.2) is 5.43 Å². The summed E-state index contributed by atoms with van der Waals surface area (Å²) in [6.07, 6.45) is 7.19. The fourth-order valence-electron chi connectivity index (χ4n) is 1.68. The quantitative estimate of drug-likeness (QED) is 0.665. The molecule has 4 nitrogen and oxygen atoms in total. The summed E-state index contributed by atoms with van der Waals surface area (Å²) in [6, 6.07) is 6.95. The molecule has 0 saturated heterocycles. The molecule has 4 heteroatoms. The molecule has 3 heterocycles. The van der Waals surface area contributed by atoms with E-state index in [9.17, 15) is 4.79 Å². The second-order valence-corrected chi connectivity index (χ2v) is 3.56. The van der Waals surface area contributed by atoms with Crippen molar-refractivity contribution in [2.45, 2.75) is 0 Å². The van der Waals surface area contributed by atoms with E-state index in [2.05, 4.69) is 9.97 Å². The first-order valence-corrected chi connectivity index (χ1v) is 4.94. The van der Waals surface area contributed by atoms with E-state index in [0.717, 1.165) is 16.9 Å². The van der Waals surface area contributed by atoms with Crippen LogP contribution in [-0.4, -0.2) is 14.4 Å². The third-order valence-corrected chi connectivity index (χ3v) is 2.46. The molecule has 0 fully saturated rings. The number of hydrogen-bond acceptors (Lipinski definition) is 2. The first-order valence-electron chi connectivity index (χ1n) is 4.94. The zero-order valence-corrected chi connectivity index (χ0v) is 8.42. The molecule has 3 aromatic rings. The van der Waals surface area contributed by atoms with E-state index >= 15 is 0 Å². The first kappa shape index (κ1) is 8.91. The van der Waals surface area contributed by atoms with Crippen molar-refractivity contribution in [2.75, 3.05) is 0 Å². The molecule has 0 bridgehead atoms. The summed E-state index contributed by atoms with van der Waals surface area (Å²) >= 11 is 0. The van der Waals surface area contributed by atoms with Gasteiger partial charge in [0.25, 0.3) is 0 Å². The lowest BCUT2D eigenvalue weighted by Crippen LogP contribution is -1.97. The van der Waals surface area contributed by atoms with Crippen molar-refractivity contribution >= 4 is 5.65 Å². The third-order valence-electron chi connectivity index (χ3n) is 2.46. The molecule has 0 spiro atoms. The Balaban J connectivity index is 2.23. The lowest BCUT2D eigenvalue weighted by atomic mass is 10.2. The lowest BCUT2D eigenvalue weighted by Gasteiger charge is -1.93. The predicted octanol–water partition coefficient (Wildman–Crippen LogP) is 1.69. The molecule has 0 saturated carbocycles. The van der Waals surface area contributed by atoms with E-state index in [-0.39, 0.29) is 5.43 Å². The van der Waals surface area contributed by atoms with E-state index in [1.165, 1.54) is 6.07 Å². The molecule has 0 aliphatic carbocycles. The fourth-order valence-corrected chi connectivity index (χ4v) is 1.68. The second kappa shape index (κ2) is 3.34. The Morgan fingerprint density at radius 3 is 3.06 bits per heavy atom. The smallest absolute Gasteiger partial charge is 0.183 e. The van der Waals surface area contributed by atoms with Gasteiger partial charge in [-0.25, -0.2) is 0 Å². The molecule has 0 radical (unpaired) electrons. The van der Waals surface area contributed by atoms with Crippen LogP contribution in [0.3, 0.4) is 0 Å². The minimum absolute atomic E-state index is 0.000383. The SMILES string of the molecule is O=c1ccn2cc(-c3cccnc3)[nH]c2c1. The van der Waals surface area contributed by atoms with Gasteiger partial charge < -0.3 is 9.38 Å². The highest BCUT2D eigenvalue weighted by atomic mass is 16.1.